The van der Waals surface area contributed by atoms with Gasteiger partial charge in [-0.1, -0.05) is 0 Å². The van der Waals surface area contributed by atoms with E-state index in [1.165, 1.54) is 0 Å². The third kappa shape index (κ3) is 4.19. The molecule has 1 aromatic rings. The van der Waals surface area contributed by atoms with E-state index in [0.29, 0.717) is 50.0 Å². The van der Waals surface area contributed by atoms with Crippen LogP contribution in [0.4, 0.5) is 10.5 Å². The molecule has 2 heterocycles. The molecule has 26 heavy (non-hydrogen) atoms. The molecule has 0 radical (unpaired) electrons. The summed E-state index contributed by atoms with van der Waals surface area (Å²) in [6, 6.07) is 5.00. The van der Waals surface area contributed by atoms with Crippen LogP contribution in [-0.2, 0) is 9.53 Å². The van der Waals surface area contributed by atoms with Crippen LogP contribution in [0.25, 0.3) is 0 Å². The molecule has 2 fully saturated rings. The maximum absolute atomic E-state index is 12.5. The van der Waals surface area contributed by atoms with Gasteiger partial charge in [-0.25, -0.2) is 4.79 Å². The standard InChI is InChI=1S/C18H25N3O5/c1-24-14-10-13(11-15(12-14)25-2)19-18(23)21-7-5-20(6-8-21)17(22)16-4-3-9-26-16/h10-12,16H,3-9H2,1-2H3,(H,19,23). The van der Waals surface area contributed by atoms with E-state index in [1.807, 2.05) is 0 Å². The Balaban J connectivity index is 1.54. The molecule has 1 N–H and O–H groups in total. The van der Waals surface area contributed by atoms with Crippen molar-refractivity contribution in [2.45, 2.75) is 18.9 Å². The van der Waals surface area contributed by atoms with Crippen LogP contribution in [-0.4, -0.2) is 74.8 Å². The molecule has 8 nitrogen and oxygen atoms in total. The van der Waals surface area contributed by atoms with Gasteiger partial charge in [0.15, 0.2) is 0 Å². The number of hydrogen-bond acceptors (Lipinski definition) is 5. The van der Waals surface area contributed by atoms with Crippen LogP contribution in [0.15, 0.2) is 18.2 Å². The van der Waals surface area contributed by atoms with Gasteiger partial charge < -0.3 is 29.3 Å². The molecule has 3 amide bonds. The van der Waals surface area contributed by atoms with Crippen molar-refractivity contribution in [1.29, 1.82) is 0 Å². The van der Waals surface area contributed by atoms with E-state index in [0.717, 1.165) is 12.8 Å². The second-order valence-electron chi connectivity index (χ2n) is 6.35. The van der Waals surface area contributed by atoms with E-state index in [9.17, 15) is 9.59 Å². The van der Waals surface area contributed by atoms with Gasteiger partial charge in [-0.2, -0.15) is 0 Å². The molecule has 0 saturated carbocycles. The number of anilines is 1. The number of carbonyl (C=O) groups excluding carboxylic acids is 2. The molecule has 0 aliphatic carbocycles. The zero-order chi connectivity index (χ0) is 18.5. The summed E-state index contributed by atoms with van der Waals surface area (Å²) in [5.74, 6) is 1.25. The van der Waals surface area contributed by atoms with Gasteiger partial charge in [0.05, 0.1) is 14.2 Å². The lowest BCUT2D eigenvalue weighted by molar-refractivity contribution is -0.142. The summed E-state index contributed by atoms with van der Waals surface area (Å²) >= 11 is 0. The average Bonchev–Trinajstić information content (AvgIpc) is 3.22. The maximum atomic E-state index is 12.5. The van der Waals surface area contributed by atoms with E-state index >= 15 is 0 Å². The Morgan fingerprint density at radius 2 is 1.65 bits per heavy atom. The molecule has 1 aromatic carbocycles. The summed E-state index contributed by atoms with van der Waals surface area (Å²) in [5.41, 5.74) is 0.601. The zero-order valence-corrected chi connectivity index (χ0v) is 15.2. The fourth-order valence-corrected chi connectivity index (χ4v) is 3.19. The lowest BCUT2D eigenvalue weighted by Gasteiger charge is -2.35. The van der Waals surface area contributed by atoms with E-state index in [1.54, 1.807) is 42.2 Å². The zero-order valence-electron chi connectivity index (χ0n) is 15.2. The molecule has 1 unspecified atom stereocenters. The second-order valence-corrected chi connectivity index (χ2v) is 6.35. The van der Waals surface area contributed by atoms with Crippen LogP contribution in [0.3, 0.4) is 0 Å². The molecule has 142 valence electrons. The molecular formula is C18H25N3O5. The Labute approximate surface area is 153 Å². The van der Waals surface area contributed by atoms with Crippen molar-refractivity contribution in [3.63, 3.8) is 0 Å². The van der Waals surface area contributed by atoms with Crippen LogP contribution in [0.5, 0.6) is 11.5 Å². The SMILES string of the molecule is COc1cc(NC(=O)N2CCN(C(=O)C3CCCO3)CC2)cc(OC)c1. The van der Waals surface area contributed by atoms with Crippen molar-refractivity contribution in [3.05, 3.63) is 18.2 Å². The Morgan fingerprint density at radius 1 is 1.04 bits per heavy atom. The number of nitrogens with one attached hydrogen (secondary N) is 1. The highest BCUT2D eigenvalue weighted by Gasteiger charge is 2.31. The van der Waals surface area contributed by atoms with Crippen molar-refractivity contribution in [1.82, 2.24) is 9.80 Å². The first-order valence-electron chi connectivity index (χ1n) is 8.80. The molecule has 2 aliphatic rings. The van der Waals surface area contributed by atoms with Crippen molar-refractivity contribution in [3.8, 4) is 11.5 Å². The number of nitrogens with zero attached hydrogens (tertiary/aromatic N) is 2. The summed E-state index contributed by atoms with van der Waals surface area (Å²) in [6.07, 6.45) is 1.42. The lowest BCUT2D eigenvalue weighted by atomic mass is 10.2. The van der Waals surface area contributed by atoms with Gasteiger partial charge >= 0.3 is 6.03 Å². The third-order valence-electron chi connectivity index (χ3n) is 4.69. The van der Waals surface area contributed by atoms with E-state index in [2.05, 4.69) is 5.32 Å². The van der Waals surface area contributed by atoms with Crippen molar-refractivity contribution < 1.29 is 23.8 Å². The molecule has 2 saturated heterocycles. The van der Waals surface area contributed by atoms with Crippen molar-refractivity contribution in [2.75, 3.05) is 52.3 Å². The predicted molar refractivity (Wildman–Crippen MR) is 95.7 cm³/mol. The summed E-state index contributed by atoms with van der Waals surface area (Å²) in [4.78, 5) is 28.4. The van der Waals surface area contributed by atoms with Gasteiger partial charge in [0.2, 0.25) is 0 Å². The molecule has 3 rings (SSSR count). The number of ether oxygens (including phenoxy) is 3. The van der Waals surface area contributed by atoms with Crippen LogP contribution in [0.2, 0.25) is 0 Å². The first-order chi connectivity index (χ1) is 12.6. The normalized spacial score (nSPS) is 20.0. The number of methoxy groups -OCH3 is 2. The fraction of sp³-hybridized carbons (Fsp3) is 0.556. The minimum Gasteiger partial charge on any atom is -0.497 e. The van der Waals surface area contributed by atoms with E-state index in [-0.39, 0.29) is 18.0 Å². The smallest absolute Gasteiger partial charge is 0.321 e. The minimum absolute atomic E-state index is 0.0418. The van der Waals surface area contributed by atoms with Crippen LogP contribution >= 0.6 is 0 Å². The lowest BCUT2D eigenvalue weighted by Crippen LogP contribution is -2.53. The number of urea groups is 1. The van der Waals surface area contributed by atoms with Gasteiger partial charge in [0.25, 0.3) is 5.91 Å². The number of amides is 3. The van der Waals surface area contributed by atoms with Crippen molar-refractivity contribution in [2.24, 2.45) is 0 Å². The first-order valence-corrected chi connectivity index (χ1v) is 8.80. The maximum Gasteiger partial charge on any atom is 0.321 e. The fourth-order valence-electron chi connectivity index (χ4n) is 3.19. The Morgan fingerprint density at radius 3 is 2.19 bits per heavy atom. The van der Waals surface area contributed by atoms with Gasteiger partial charge in [0.1, 0.15) is 17.6 Å². The topological polar surface area (TPSA) is 80.3 Å². The number of carbonyl (C=O) groups is 2. The minimum atomic E-state index is -0.306. The molecule has 1 atom stereocenters. The third-order valence-corrected chi connectivity index (χ3v) is 4.69. The number of rotatable bonds is 4. The highest BCUT2D eigenvalue weighted by Crippen LogP contribution is 2.26. The van der Waals surface area contributed by atoms with Gasteiger partial charge in [0, 0.05) is 56.7 Å². The summed E-state index contributed by atoms with van der Waals surface area (Å²) in [6.45, 7) is 2.68. The quantitative estimate of drug-likeness (QED) is 0.878. The molecule has 8 heteroatoms. The molecule has 0 spiro atoms. The molecule has 0 aromatic heterocycles. The highest BCUT2D eigenvalue weighted by molar-refractivity contribution is 5.90. The number of benzene rings is 1. The molecular weight excluding hydrogens is 338 g/mol. The first kappa shape index (κ1) is 18.3. The van der Waals surface area contributed by atoms with Crippen molar-refractivity contribution >= 4 is 17.6 Å². The molecule has 2 aliphatic heterocycles. The van der Waals surface area contributed by atoms with E-state index < -0.39 is 0 Å². The summed E-state index contributed by atoms with van der Waals surface area (Å²) in [5, 5.41) is 2.86. The van der Waals surface area contributed by atoms with E-state index in [4.69, 9.17) is 14.2 Å². The average molecular weight is 363 g/mol. The number of hydrogen-bond donors (Lipinski definition) is 1. The van der Waals surface area contributed by atoms with Gasteiger partial charge in [-0.05, 0) is 12.8 Å². The Bertz CT molecular complexity index is 630. The van der Waals surface area contributed by atoms with Crippen LogP contribution in [0, 0.1) is 0 Å². The monoisotopic (exact) mass is 363 g/mol. The van der Waals surface area contributed by atoms with Crippen LogP contribution < -0.4 is 14.8 Å². The summed E-state index contributed by atoms with van der Waals surface area (Å²) < 4.78 is 15.9. The largest absolute Gasteiger partial charge is 0.497 e. The second kappa shape index (κ2) is 8.27. The Kier molecular flexibility index (Phi) is 5.82. The van der Waals surface area contributed by atoms with Gasteiger partial charge in [-0.15, -0.1) is 0 Å². The highest BCUT2D eigenvalue weighted by atomic mass is 16.5. The predicted octanol–water partition coefficient (Wildman–Crippen LogP) is 1.56. The van der Waals surface area contributed by atoms with Gasteiger partial charge in [-0.3, -0.25) is 4.79 Å². The molecule has 0 bridgehead atoms. The summed E-state index contributed by atoms with van der Waals surface area (Å²) in [7, 11) is 3.12. The van der Waals surface area contributed by atoms with Crippen LogP contribution in [0.1, 0.15) is 12.8 Å². The Hall–Kier alpha value is -2.48. The number of piperazine rings is 1.